The van der Waals surface area contributed by atoms with E-state index in [1.807, 2.05) is 16.9 Å². The van der Waals surface area contributed by atoms with Gasteiger partial charge in [0.25, 0.3) is 0 Å². The number of hydrogen-bond donors (Lipinski definition) is 1. The number of nitrogen functional groups attached to an aromatic ring is 1. The molecule has 1 aromatic heterocycles. The topological polar surface area (TPSA) is 50.3 Å². The van der Waals surface area contributed by atoms with Crippen molar-refractivity contribution in [1.29, 1.82) is 0 Å². The Kier molecular flexibility index (Phi) is 4.58. The van der Waals surface area contributed by atoms with E-state index in [-0.39, 0.29) is 0 Å². The summed E-state index contributed by atoms with van der Waals surface area (Å²) >= 11 is 0. The SMILES string of the molecule is Nc1ccn(CCCN2CCC(N3CCCCC3)C2)n1. The Morgan fingerprint density at radius 2 is 2.00 bits per heavy atom. The van der Waals surface area contributed by atoms with Crippen LogP contribution in [0.5, 0.6) is 0 Å². The molecule has 2 aliphatic rings. The number of nitrogens with zero attached hydrogens (tertiary/aromatic N) is 4. The number of aryl methyl sites for hydroxylation is 1. The largest absolute Gasteiger partial charge is 0.382 e. The fraction of sp³-hybridized carbons (Fsp3) is 0.800. The molecule has 5 heteroatoms. The predicted octanol–water partition coefficient (Wildman–Crippen LogP) is 1.42. The summed E-state index contributed by atoms with van der Waals surface area (Å²) in [6, 6.07) is 2.68. The van der Waals surface area contributed by atoms with E-state index in [0.717, 1.165) is 19.0 Å². The van der Waals surface area contributed by atoms with E-state index < -0.39 is 0 Å². The van der Waals surface area contributed by atoms with Crippen molar-refractivity contribution in [2.24, 2.45) is 0 Å². The van der Waals surface area contributed by atoms with Gasteiger partial charge in [-0.3, -0.25) is 9.58 Å². The van der Waals surface area contributed by atoms with Crippen molar-refractivity contribution in [3.05, 3.63) is 12.3 Å². The number of rotatable bonds is 5. The summed E-state index contributed by atoms with van der Waals surface area (Å²) in [6.45, 7) is 7.34. The third-order valence-electron chi connectivity index (χ3n) is 4.68. The molecule has 0 aliphatic carbocycles. The quantitative estimate of drug-likeness (QED) is 0.884. The fourth-order valence-corrected chi connectivity index (χ4v) is 3.56. The normalized spacial score (nSPS) is 25.3. The summed E-state index contributed by atoms with van der Waals surface area (Å²) in [5.74, 6) is 0.622. The van der Waals surface area contributed by atoms with Crippen molar-refractivity contribution in [3.63, 3.8) is 0 Å². The van der Waals surface area contributed by atoms with Crippen molar-refractivity contribution >= 4 is 5.82 Å². The highest BCUT2D eigenvalue weighted by Gasteiger charge is 2.27. The van der Waals surface area contributed by atoms with Crippen LogP contribution in [-0.2, 0) is 6.54 Å². The molecule has 20 heavy (non-hydrogen) atoms. The Morgan fingerprint density at radius 3 is 2.75 bits per heavy atom. The molecule has 0 amide bonds. The van der Waals surface area contributed by atoms with Crippen LogP contribution in [0.25, 0.3) is 0 Å². The van der Waals surface area contributed by atoms with Crippen LogP contribution in [0.15, 0.2) is 12.3 Å². The van der Waals surface area contributed by atoms with Gasteiger partial charge in [-0.05, 0) is 57.9 Å². The maximum Gasteiger partial charge on any atom is 0.145 e. The van der Waals surface area contributed by atoms with E-state index in [4.69, 9.17) is 5.73 Å². The molecular weight excluding hydrogens is 250 g/mol. The molecule has 0 bridgehead atoms. The summed E-state index contributed by atoms with van der Waals surface area (Å²) < 4.78 is 1.95. The van der Waals surface area contributed by atoms with Crippen LogP contribution >= 0.6 is 0 Å². The maximum absolute atomic E-state index is 5.63. The lowest BCUT2D eigenvalue weighted by Gasteiger charge is -2.32. The highest BCUT2D eigenvalue weighted by molar-refractivity contribution is 5.23. The number of anilines is 1. The van der Waals surface area contributed by atoms with Gasteiger partial charge in [0.15, 0.2) is 0 Å². The van der Waals surface area contributed by atoms with Gasteiger partial charge in [0.1, 0.15) is 5.82 Å². The molecule has 2 fully saturated rings. The molecule has 0 aromatic carbocycles. The molecule has 1 unspecified atom stereocenters. The van der Waals surface area contributed by atoms with Gasteiger partial charge in [-0.2, -0.15) is 5.10 Å². The molecule has 1 atom stereocenters. The smallest absolute Gasteiger partial charge is 0.145 e. The molecule has 2 saturated heterocycles. The highest BCUT2D eigenvalue weighted by atomic mass is 15.3. The zero-order valence-electron chi connectivity index (χ0n) is 12.4. The van der Waals surface area contributed by atoms with Gasteiger partial charge in [0, 0.05) is 25.3 Å². The van der Waals surface area contributed by atoms with Gasteiger partial charge in [-0.25, -0.2) is 0 Å². The number of likely N-dealkylation sites (tertiary alicyclic amines) is 2. The van der Waals surface area contributed by atoms with Crippen molar-refractivity contribution < 1.29 is 0 Å². The summed E-state index contributed by atoms with van der Waals surface area (Å²) in [5.41, 5.74) is 5.63. The molecule has 2 aliphatic heterocycles. The van der Waals surface area contributed by atoms with Crippen LogP contribution in [0.3, 0.4) is 0 Å². The van der Waals surface area contributed by atoms with Crippen LogP contribution in [0.2, 0.25) is 0 Å². The summed E-state index contributed by atoms with van der Waals surface area (Å²) in [4.78, 5) is 5.34. The fourth-order valence-electron chi connectivity index (χ4n) is 3.56. The first-order valence-corrected chi connectivity index (χ1v) is 8.06. The molecule has 0 spiro atoms. The number of piperidine rings is 1. The van der Waals surface area contributed by atoms with Gasteiger partial charge < -0.3 is 10.6 Å². The molecule has 3 rings (SSSR count). The van der Waals surface area contributed by atoms with Gasteiger partial charge in [-0.1, -0.05) is 6.42 Å². The van der Waals surface area contributed by atoms with E-state index in [2.05, 4.69) is 14.9 Å². The number of aromatic nitrogens is 2. The van der Waals surface area contributed by atoms with Crippen LogP contribution in [-0.4, -0.2) is 58.3 Å². The van der Waals surface area contributed by atoms with E-state index in [0.29, 0.717) is 5.82 Å². The Morgan fingerprint density at radius 1 is 1.15 bits per heavy atom. The lowest BCUT2D eigenvalue weighted by Crippen LogP contribution is -2.41. The summed E-state index contributed by atoms with van der Waals surface area (Å²) in [6.07, 6.45) is 8.72. The average molecular weight is 277 g/mol. The third-order valence-corrected chi connectivity index (χ3v) is 4.68. The number of nitrogens with two attached hydrogens (primary N) is 1. The average Bonchev–Trinajstić information content (AvgIpc) is 3.09. The molecule has 1 aromatic rings. The van der Waals surface area contributed by atoms with E-state index >= 15 is 0 Å². The molecule has 112 valence electrons. The Labute approximate surface area is 121 Å². The molecule has 3 heterocycles. The second kappa shape index (κ2) is 6.59. The summed E-state index contributed by atoms with van der Waals surface area (Å²) in [5, 5.41) is 4.23. The van der Waals surface area contributed by atoms with Crippen molar-refractivity contribution in [2.75, 3.05) is 38.5 Å². The van der Waals surface area contributed by atoms with Crippen LogP contribution < -0.4 is 5.73 Å². The third kappa shape index (κ3) is 3.52. The van der Waals surface area contributed by atoms with Crippen LogP contribution in [0, 0.1) is 0 Å². The van der Waals surface area contributed by atoms with Gasteiger partial charge in [-0.15, -0.1) is 0 Å². The monoisotopic (exact) mass is 277 g/mol. The minimum Gasteiger partial charge on any atom is -0.382 e. The minimum absolute atomic E-state index is 0.622. The van der Waals surface area contributed by atoms with Gasteiger partial charge in [0.2, 0.25) is 0 Å². The standard InChI is InChI=1S/C15H27N5/c16-15-6-12-20(17-15)10-4-7-18-11-5-14(13-18)19-8-2-1-3-9-19/h6,12,14H,1-5,7-11,13H2,(H2,16,17). The maximum atomic E-state index is 5.63. The Balaban J connectivity index is 1.37. The van der Waals surface area contributed by atoms with Crippen molar-refractivity contribution in [2.45, 2.75) is 44.7 Å². The first-order chi connectivity index (χ1) is 9.81. The second-order valence-corrected chi connectivity index (χ2v) is 6.20. The molecule has 2 N–H and O–H groups in total. The molecule has 0 saturated carbocycles. The second-order valence-electron chi connectivity index (χ2n) is 6.20. The minimum atomic E-state index is 0.622. The molecule has 0 radical (unpaired) electrons. The Hall–Kier alpha value is -1.07. The zero-order valence-corrected chi connectivity index (χ0v) is 12.4. The van der Waals surface area contributed by atoms with Crippen LogP contribution in [0.1, 0.15) is 32.1 Å². The first kappa shape index (κ1) is 13.9. The van der Waals surface area contributed by atoms with E-state index in [1.165, 1.54) is 58.4 Å². The van der Waals surface area contributed by atoms with E-state index in [1.54, 1.807) is 0 Å². The lowest BCUT2D eigenvalue weighted by atomic mass is 10.1. The van der Waals surface area contributed by atoms with Crippen LogP contribution in [0.4, 0.5) is 5.82 Å². The molecule has 5 nitrogen and oxygen atoms in total. The summed E-state index contributed by atoms with van der Waals surface area (Å²) in [7, 11) is 0. The van der Waals surface area contributed by atoms with E-state index in [9.17, 15) is 0 Å². The van der Waals surface area contributed by atoms with Crippen molar-refractivity contribution in [1.82, 2.24) is 19.6 Å². The van der Waals surface area contributed by atoms with Gasteiger partial charge in [0.05, 0.1) is 0 Å². The lowest BCUT2D eigenvalue weighted by molar-refractivity contribution is 0.161. The Bertz CT molecular complexity index is 410. The number of hydrogen-bond acceptors (Lipinski definition) is 4. The van der Waals surface area contributed by atoms with Crippen molar-refractivity contribution in [3.8, 4) is 0 Å². The van der Waals surface area contributed by atoms with Gasteiger partial charge >= 0.3 is 0 Å². The highest BCUT2D eigenvalue weighted by Crippen LogP contribution is 2.20. The molecular formula is C15H27N5. The predicted molar refractivity (Wildman–Crippen MR) is 81.5 cm³/mol. The first-order valence-electron chi connectivity index (χ1n) is 8.06. The zero-order chi connectivity index (χ0) is 13.8.